The summed E-state index contributed by atoms with van der Waals surface area (Å²) < 4.78 is 0. The molecule has 27 heavy (non-hydrogen) atoms. The van der Waals surface area contributed by atoms with Gasteiger partial charge in [-0.2, -0.15) is 0 Å². The smallest absolute Gasteiger partial charge is 0.191 e. The van der Waals surface area contributed by atoms with E-state index in [1.807, 2.05) is 26.0 Å². The lowest BCUT2D eigenvalue weighted by Crippen LogP contribution is -2.50. The molecule has 2 aliphatic rings. The van der Waals surface area contributed by atoms with E-state index in [9.17, 15) is 5.11 Å². The molecule has 1 aromatic rings. The first-order valence-electron chi connectivity index (χ1n) is 10.6. The molecule has 1 aliphatic carbocycles. The Bertz CT molecular complexity index is 621. The average Bonchev–Trinajstić information content (AvgIpc) is 3.19. The molecule has 0 aromatic heterocycles. The summed E-state index contributed by atoms with van der Waals surface area (Å²) in [7, 11) is 0. The monoisotopic (exact) mass is 372 g/mol. The zero-order valence-corrected chi connectivity index (χ0v) is 17.2. The van der Waals surface area contributed by atoms with Crippen LogP contribution in [0.25, 0.3) is 0 Å². The molecule has 1 aromatic carbocycles. The summed E-state index contributed by atoms with van der Waals surface area (Å²) in [5, 5.41) is 17.0. The van der Waals surface area contributed by atoms with Crippen molar-refractivity contribution in [1.82, 2.24) is 15.5 Å². The number of phenols is 1. The maximum atomic E-state index is 9.94. The van der Waals surface area contributed by atoms with Gasteiger partial charge in [0.25, 0.3) is 0 Å². The number of piperidine rings is 1. The Labute approximate surface area is 164 Å². The third-order valence-corrected chi connectivity index (χ3v) is 6.03. The summed E-state index contributed by atoms with van der Waals surface area (Å²) in [6, 6.07) is 5.39. The van der Waals surface area contributed by atoms with Crippen molar-refractivity contribution in [2.75, 3.05) is 19.6 Å². The molecule has 1 aliphatic heterocycles. The quantitative estimate of drug-likeness (QED) is 0.547. The first-order valence-corrected chi connectivity index (χ1v) is 10.6. The third-order valence-electron chi connectivity index (χ3n) is 6.03. The minimum atomic E-state index is 0.391. The number of likely N-dealkylation sites (tertiary alicyclic amines) is 1. The van der Waals surface area contributed by atoms with E-state index >= 15 is 0 Å². The van der Waals surface area contributed by atoms with Gasteiger partial charge in [0.1, 0.15) is 5.75 Å². The molecule has 1 heterocycles. The largest absolute Gasteiger partial charge is 0.507 e. The van der Waals surface area contributed by atoms with E-state index in [1.165, 1.54) is 51.6 Å². The SMILES string of the molecule is CCNC(=NCc1cc(C)c(O)c(C)c1)NC1CCN(C2CCCC2)CC1. The number of benzene rings is 1. The minimum absolute atomic E-state index is 0.391. The second kappa shape index (κ2) is 9.45. The van der Waals surface area contributed by atoms with Gasteiger partial charge in [-0.05, 0) is 63.1 Å². The maximum absolute atomic E-state index is 9.94. The van der Waals surface area contributed by atoms with Gasteiger partial charge in [0.15, 0.2) is 5.96 Å². The van der Waals surface area contributed by atoms with Crippen molar-refractivity contribution in [3.63, 3.8) is 0 Å². The summed E-state index contributed by atoms with van der Waals surface area (Å²) in [5.74, 6) is 1.29. The van der Waals surface area contributed by atoms with Gasteiger partial charge >= 0.3 is 0 Å². The zero-order valence-electron chi connectivity index (χ0n) is 17.2. The Hall–Kier alpha value is -1.75. The Balaban J connectivity index is 1.55. The fourth-order valence-electron chi connectivity index (χ4n) is 4.50. The van der Waals surface area contributed by atoms with Crippen molar-refractivity contribution in [3.8, 4) is 5.75 Å². The fraction of sp³-hybridized carbons (Fsp3) is 0.682. The van der Waals surface area contributed by atoms with E-state index in [2.05, 4.69) is 22.5 Å². The van der Waals surface area contributed by atoms with Gasteiger partial charge in [-0.1, -0.05) is 25.0 Å². The lowest BCUT2D eigenvalue weighted by molar-refractivity contribution is 0.150. The van der Waals surface area contributed by atoms with Gasteiger partial charge < -0.3 is 20.6 Å². The number of rotatable bonds is 5. The molecule has 3 rings (SSSR count). The van der Waals surface area contributed by atoms with Crippen molar-refractivity contribution in [2.24, 2.45) is 4.99 Å². The van der Waals surface area contributed by atoms with Crippen LogP contribution in [0.3, 0.4) is 0 Å². The standard InChI is InChI=1S/C22H36N4O/c1-4-23-22(24-15-18-13-16(2)21(27)17(3)14-18)25-19-9-11-26(12-10-19)20-7-5-6-8-20/h13-14,19-20,27H,4-12,15H2,1-3H3,(H2,23,24,25). The molecule has 5 nitrogen and oxygen atoms in total. The Morgan fingerprint density at radius 1 is 1.11 bits per heavy atom. The van der Waals surface area contributed by atoms with Crippen LogP contribution in [-0.2, 0) is 6.54 Å². The van der Waals surface area contributed by atoms with Crippen LogP contribution >= 0.6 is 0 Å². The number of aryl methyl sites for hydroxylation is 2. The summed E-state index contributed by atoms with van der Waals surface area (Å²) in [6.45, 7) is 9.89. The van der Waals surface area contributed by atoms with Gasteiger partial charge in [0.05, 0.1) is 6.54 Å². The highest BCUT2D eigenvalue weighted by Gasteiger charge is 2.27. The minimum Gasteiger partial charge on any atom is -0.507 e. The lowest BCUT2D eigenvalue weighted by atomic mass is 10.0. The molecule has 0 amide bonds. The molecule has 3 N–H and O–H groups in total. The van der Waals surface area contributed by atoms with Crippen LogP contribution < -0.4 is 10.6 Å². The molecular formula is C22H36N4O. The highest BCUT2D eigenvalue weighted by Crippen LogP contribution is 2.26. The summed E-state index contributed by atoms with van der Waals surface area (Å²) in [6.07, 6.45) is 8.00. The Morgan fingerprint density at radius 3 is 2.33 bits per heavy atom. The van der Waals surface area contributed by atoms with Crippen molar-refractivity contribution >= 4 is 5.96 Å². The predicted molar refractivity (Wildman–Crippen MR) is 112 cm³/mol. The topological polar surface area (TPSA) is 59.9 Å². The number of nitrogens with one attached hydrogen (secondary N) is 2. The molecule has 0 radical (unpaired) electrons. The number of aliphatic imine (C=N–C) groups is 1. The number of aromatic hydroxyl groups is 1. The van der Waals surface area contributed by atoms with Crippen LogP contribution in [0.1, 0.15) is 62.1 Å². The van der Waals surface area contributed by atoms with E-state index in [-0.39, 0.29) is 0 Å². The number of nitrogens with zero attached hydrogens (tertiary/aromatic N) is 2. The molecule has 5 heteroatoms. The van der Waals surface area contributed by atoms with Gasteiger partial charge in [0, 0.05) is 31.7 Å². The zero-order chi connectivity index (χ0) is 19.2. The van der Waals surface area contributed by atoms with Crippen LogP contribution in [0.4, 0.5) is 0 Å². The molecule has 1 saturated carbocycles. The third kappa shape index (κ3) is 5.38. The second-order valence-electron chi connectivity index (χ2n) is 8.17. The van der Waals surface area contributed by atoms with Crippen LogP contribution in [0, 0.1) is 13.8 Å². The highest BCUT2D eigenvalue weighted by molar-refractivity contribution is 5.80. The van der Waals surface area contributed by atoms with E-state index < -0.39 is 0 Å². The maximum Gasteiger partial charge on any atom is 0.191 e. The average molecular weight is 373 g/mol. The first-order chi connectivity index (χ1) is 13.1. The van der Waals surface area contributed by atoms with Crippen molar-refractivity contribution in [1.29, 1.82) is 0 Å². The Kier molecular flexibility index (Phi) is 7.00. The first kappa shape index (κ1) is 20.0. The molecule has 150 valence electrons. The highest BCUT2D eigenvalue weighted by atomic mass is 16.3. The summed E-state index contributed by atoms with van der Waals surface area (Å²) in [5.41, 5.74) is 2.96. The molecular weight excluding hydrogens is 336 g/mol. The molecule has 2 fully saturated rings. The van der Waals surface area contributed by atoms with Crippen molar-refractivity contribution in [2.45, 2.75) is 77.9 Å². The normalized spacial score (nSPS) is 20.2. The number of hydrogen-bond acceptors (Lipinski definition) is 3. The molecule has 0 bridgehead atoms. The number of hydrogen-bond donors (Lipinski definition) is 3. The lowest BCUT2D eigenvalue weighted by Gasteiger charge is -2.36. The van der Waals surface area contributed by atoms with Crippen LogP contribution in [0.2, 0.25) is 0 Å². The van der Waals surface area contributed by atoms with Gasteiger partial charge in [-0.25, -0.2) is 4.99 Å². The fourth-order valence-corrected chi connectivity index (χ4v) is 4.50. The van der Waals surface area contributed by atoms with Crippen LogP contribution in [-0.4, -0.2) is 47.7 Å². The molecule has 0 unspecified atom stereocenters. The molecule has 0 atom stereocenters. The van der Waals surface area contributed by atoms with Gasteiger partial charge in [-0.3, -0.25) is 0 Å². The Morgan fingerprint density at radius 2 is 1.74 bits per heavy atom. The molecule has 1 saturated heterocycles. The summed E-state index contributed by atoms with van der Waals surface area (Å²) >= 11 is 0. The summed E-state index contributed by atoms with van der Waals surface area (Å²) in [4.78, 5) is 7.49. The van der Waals surface area contributed by atoms with Gasteiger partial charge in [-0.15, -0.1) is 0 Å². The van der Waals surface area contributed by atoms with E-state index in [0.717, 1.165) is 35.2 Å². The van der Waals surface area contributed by atoms with E-state index in [1.54, 1.807) is 0 Å². The molecule has 0 spiro atoms. The van der Waals surface area contributed by atoms with Crippen molar-refractivity contribution < 1.29 is 5.11 Å². The van der Waals surface area contributed by atoms with E-state index in [4.69, 9.17) is 4.99 Å². The van der Waals surface area contributed by atoms with Crippen LogP contribution in [0.5, 0.6) is 5.75 Å². The van der Waals surface area contributed by atoms with E-state index in [0.29, 0.717) is 18.3 Å². The van der Waals surface area contributed by atoms with Crippen LogP contribution in [0.15, 0.2) is 17.1 Å². The second-order valence-corrected chi connectivity index (χ2v) is 8.17. The van der Waals surface area contributed by atoms with Gasteiger partial charge in [0.2, 0.25) is 0 Å². The van der Waals surface area contributed by atoms with Crippen molar-refractivity contribution in [3.05, 3.63) is 28.8 Å². The number of phenolic OH excluding ortho intramolecular Hbond substituents is 1. The number of guanidine groups is 1. The predicted octanol–water partition coefficient (Wildman–Crippen LogP) is 3.47.